The number of hydrogen-bond donors (Lipinski definition) is 2. The van der Waals surface area contributed by atoms with Crippen LogP contribution >= 0.6 is 0 Å². The number of hydrogen-bond acceptors (Lipinski definition) is 8. The number of ether oxygens (including phenoxy) is 2. The maximum absolute atomic E-state index is 13.5. The molecule has 276 valence electrons. The number of fused-ring (bicyclic) bond motifs is 1. The van der Waals surface area contributed by atoms with Crippen molar-refractivity contribution in [1.82, 2.24) is 25.0 Å². The highest BCUT2D eigenvalue weighted by molar-refractivity contribution is 5.94. The van der Waals surface area contributed by atoms with Crippen LogP contribution < -0.4 is 10.6 Å². The molecule has 0 radical (unpaired) electrons. The normalized spacial score (nSPS) is 17.9. The minimum atomic E-state index is -1.35. The van der Waals surface area contributed by atoms with Crippen molar-refractivity contribution in [2.75, 3.05) is 19.6 Å². The van der Waals surface area contributed by atoms with Gasteiger partial charge in [0.15, 0.2) is 0 Å². The zero-order valence-electron chi connectivity index (χ0n) is 30.4. The molecule has 0 unspecified atom stereocenters. The average Bonchev–Trinajstić information content (AvgIpc) is 3.82. The van der Waals surface area contributed by atoms with E-state index in [-0.39, 0.29) is 31.0 Å². The Balaban J connectivity index is 1.14. The number of likely N-dealkylation sites (tertiary alicyclic amines) is 2. The van der Waals surface area contributed by atoms with E-state index in [9.17, 15) is 29.2 Å². The highest BCUT2D eigenvalue weighted by atomic mass is 16.6. The third kappa shape index (κ3) is 9.69. The number of benzene rings is 2. The number of nitrogens with one attached hydrogen (secondary N) is 2. The van der Waals surface area contributed by atoms with E-state index in [0.29, 0.717) is 25.1 Å². The van der Waals surface area contributed by atoms with Crippen LogP contribution in [0.4, 0.5) is 4.79 Å². The van der Waals surface area contributed by atoms with Gasteiger partial charge in [0.25, 0.3) is 0 Å². The summed E-state index contributed by atoms with van der Waals surface area (Å²) in [7, 11) is 0. The quantitative estimate of drug-likeness (QED) is 0.249. The van der Waals surface area contributed by atoms with Crippen LogP contribution in [0.3, 0.4) is 0 Å². The Hall–Kier alpha value is -5.38. The Bertz CT molecular complexity index is 1830. The SMILES string of the molecule is CCn1c(CC[C@@H]2CCCN2C(=O)CN2CC[C@H](NC(=O)C[C@H](NC(=O)OC(C)(C)C)C(=O)OCc3ccccc3)C2=O)cc2ccc(C#N)cc21. The largest absolute Gasteiger partial charge is 0.459 e. The third-order valence-corrected chi connectivity index (χ3v) is 9.41. The van der Waals surface area contributed by atoms with E-state index < -0.39 is 42.1 Å². The Labute approximate surface area is 304 Å². The maximum atomic E-state index is 13.5. The predicted octanol–water partition coefficient (Wildman–Crippen LogP) is 4.20. The molecule has 0 aliphatic carbocycles. The van der Waals surface area contributed by atoms with Crippen molar-refractivity contribution in [2.24, 2.45) is 0 Å². The van der Waals surface area contributed by atoms with Crippen LogP contribution in [0, 0.1) is 11.3 Å². The number of nitrogens with zero attached hydrogens (tertiary/aromatic N) is 4. The minimum absolute atomic E-state index is 0.0507. The molecule has 4 amide bonds. The number of rotatable bonds is 13. The highest BCUT2D eigenvalue weighted by Gasteiger charge is 2.37. The van der Waals surface area contributed by atoms with Crippen LogP contribution in [0.1, 0.15) is 76.6 Å². The molecule has 2 N–H and O–H groups in total. The minimum Gasteiger partial charge on any atom is -0.459 e. The second kappa shape index (κ2) is 16.8. The van der Waals surface area contributed by atoms with E-state index in [2.05, 4.69) is 34.3 Å². The Kier molecular flexibility index (Phi) is 12.2. The summed E-state index contributed by atoms with van der Waals surface area (Å²) in [5.74, 6) is -1.94. The lowest BCUT2D eigenvalue weighted by atomic mass is 10.1. The van der Waals surface area contributed by atoms with Gasteiger partial charge in [-0.05, 0) is 88.9 Å². The molecular weight excluding hydrogens is 664 g/mol. The number of aromatic nitrogens is 1. The summed E-state index contributed by atoms with van der Waals surface area (Å²) < 4.78 is 12.9. The molecular formula is C39H48N6O7. The summed E-state index contributed by atoms with van der Waals surface area (Å²) in [4.78, 5) is 68.9. The molecule has 2 aromatic carbocycles. The molecule has 0 bridgehead atoms. The number of amides is 4. The number of nitriles is 1. The van der Waals surface area contributed by atoms with Crippen molar-refractivity contribution in [1.29, 1.82) is 5.26 Å². The lowest BCUT2D eigenvalue weighted by Gasteiger charge is -2.27. The molecule has 13 nitrogen and oxygen atoms in total. The first kappa shape index (κ1) is 37.9. The van der Waals surface area contributed by atoms with Gasteiger partial charge in [0.05, 0.1) is 24.6 Å². The van der Waals surface area contributed by atoms with Crippen molar-refractivity contribution < 1.29 is 33.4 Å². The van der Waals surface area contributed by atoms with E-state index >= 15 is 0 Å². The predicted molar refractivity (Wildman–Crippen MR) is 193 cm³/mol. The number of alkyl carbamates (subject to hydrolysis) is 1. The van der Waals surface area contributed by atoms with Crippen molar-refractivity contribution >= 4 is 40.7 Å². The van der Waals surface area contributed by atoms with Gasteiger partial charge < -0.3 is 34.5 Å². The summed E-state index contributed by atoms with van der Waals surface area (Å²) in [6, 6.07) is 16.9. The first-order valence-electron chi connectivity index (χ1n) is 17.9. The van der Waals surface area contributed by atoms with E-state index in [1.807, 2.05) is 29.2 Å². The Morgan fingerprint density at radius 3 is 2.52 bits per heavy atom. The van der Waals surface area contributed by atoms with Gasteiger partial charge in [0, 0.05) is 36.9 Å². The Morgan fingerprint density at radius 2 is 1.81 bits per heavy atom. The lowest BCUT2D eigenvalue weighted by molar-refractivity contribution is -0.149. The van der Waals surface area contributed by atoms with E-state index in [4.69, 9.17) is 9.47 Å². The van der Waals surface area contributed by atoms with Crippen LogP contribution in [0.2, 0.25) is 0 Å². The second-order valence-corrected chi connectivity index (χ2v) is 14.4. The van der Waals surface area contributed by atoms with Gasteiger partial charge >= 0.3 is 12.1 Å². The molecule has 3 heterocycles. The molecule has 1 aromatic heterocycles. The fourth-order valence-electron chi connectivity index (χ4n) is 6.94. The molecule has 0 spiro atoms. The fourth-order valence-corrected chi connectivity index (χ4v) is 6.94. The molecule has 3 aromatic rings. The molecule has 2 fully saturated rings. The molecule has 52 heavy (non-hydrogen) atoms. The summed E-state index contributed by atoms with van der Waals surface area (Å²) in [6.07, 6.45) is 2.28. The van der Waals surface area contributed by atoms with Crippen molar-refractivity contribution in [3.8, 4) is 6.07 Å². The van der Waals surface area contributed by atoms with Crippen LogP contribution in [-0.2, 0) is 48.2 Å². The maximum Gasteiger partial charge on any atom is 0.408 e. The van der Waals surface area contributed by atoms with Crippen LogP contribution in [-0.4, -0.2) is 87.5 Å². The first-order chi connectivity index (χ1) is 24.8. The van der Waals surface area contributed by atoms with E-state index in [0.717, 1.165) is 54.4 Å². The van der Waals surface area contributed by atoms with Gasteiger partial charge in [-0.15, -0.1) is 0 Å². The summed E-state index contributed by atoms with van der Waals surface area (Å²) >= 11 is 0. The van der Waals surface area contributed by atoms with Crippen molar-refractivity contribution in [3.05, 3.63) is 71.4 Å². The number of esters is 1. The van der Waals surface area contributed by atoms with Crippen molar-refractivity contribution in [2.45, 2.75) is 103 Å². The van der Waals surface area contributed by atoms with Gasteiger partial charge in [-0.25, -0.2) is 9.59 Å². The zero-order valence-corrected chi connectivity index (χ0v) is 30.4. The van der Waals surface area contributed by atoms with Crippen LogP contribution in [0.5, 0.6) is 0 Å². The van der Waals surface area contributed by atoms with Crippen LogP contribution in [0.25, 0.3) is 10.9 Å². The topological polar surface area (TPSA) is 163 Å². The number of aryl methyl sites for hydroxylation is 2. The average molecular weight is 713 g/mol. The summed E-state index contributed by atoms with van der Waals surface area (Å²) in [6.45, 7) is 8.67. The highest BCUT2D eigenvalue weighted by Crippen LogP contribution is 2.27. The molecule has 0 saturated carbocycles. The molecule has 2 aliphatic rings. The lowest BCUT2D eigenvalue weighted by Crippen LogP contribution is -2.49. The smallest absolute Gasteiger partial charge is 0.408 e. The first-order valence-corrected chi connectivity index (χ1v) is 17.9. The monoisotopic (exact) mass is 712 g/mol. The van der Waals surface area contributed by atoms with Crippen LogP contribution in [0.15, 0.2) is 54.6 Å². The van der Waals surface area contributed by atoms with E-state index in [1.165, 1.54) is 4.90 Å². The third-order valence-electron chi connectivity index (χ3n) is 9.41. The van der Waals surface area contributed by atoms with Gasteiger partial charge in [-0.3, -0.25) is 14.4 Å². The Morgan fingerprint density at radius 1 is 1.04 bits per heavy atom. The molecule has 3 atom stereocenters. The van der Waals surface area contributed by atoms with Gasteiger partial charge in [-0.2, -0.15) is 5.26 Å². The number of carbonyl (C=O) groups is 5. The van der Waals surface area contributed by atoms with Crippen molar-refractivity contribution in [3.63, 3.8) is 0 Å². The molecule has 5 rings (SSSR count). The number of carbonyl (C=O) groups excluding carboxylic acids is 5. The molecule has 2 saturated heterocycles. The van der Waals surface area contributed by atoms with Gasteiger partial charge in [0.2, 0.25) is 17.7 Å². The molecule has 13 heteroatoms. The molecule has 2 aliphatic heterocycles. The summed E-state index contributed by atoms with van der Waals surface area (Å²) in [5, 5.41) is 15.5. The standard InChI is InChI=1S/C39H48N6O7/c1-5-44-30(21-28-14-13-27(23-40)20-33(28)44)16-15-29-12-9-18-45(29)35(47)24-43-19-17-31(36(43)48)41-34(46)22-32(42-38(50)52-39(2,3)4)37(49)51-25-26-10-7-6-8-11-26/h6-8,10-11,13-14,20-21,29,31-32H,5,9,12,15-19,22,24-25H2,1-4H3,(H,41,46)(H,42,50)/t29-,31-,32-/m0/s1. The van der Waals surface area contributed by atoms with Gasteiger partial charge in [-0.1, -0.05) is 36.4 Å². The zero-order chi connectivity index (χ0) is 37.4. The summed E-state index contributed by atoms with van der Waals surface area (Å²) in [5.41, 5.74) is 2.71. The second-order valence-electron chi connectivity index (χ2n) is 14.4. The van der Waals surface area contributed by atoms with Gasteiger partial charge in [0.1, 0.15) is 24.3 Å². The fraction of sp³-hybridized carbons (Fsp3) is 0.487. The van der Waals surface area contributed by atoms with E-state index in [1.54, 1.807) is 45.0 Å².